The number of benzene rings is 1. The van der Waals surface area contributed by atoms with E-state index in [1.54, 1.807) is 13.2 Å². The Hall–Kier alpha value is -1.35. The molecule has 0 spiro atoms. The van der Waals surface area contributed by atoms with E-state index in [0.29, 0.717) is 0 Å². The van der Waals surface area contributed by atoms with E-state index in [-0.39, 0.29) is 10.4 Å². The molecule has 0 radical (unpaired) electrons. The van der Waals surface area contributed by atoms with Crippen LogP contribution in [0.4, 0.5) is 0 Å². The van der Waals surface area contributed by atoms with Crippen LogP contribution in [0.1, 0.15) is 26.3 Å². The van der Waals surface area contributed by atoms with Gasteiger partial charge < -0.3 is 9.53 Å². The SMILES string of the molecule is COc1cccc(/C=C/C(=O)[Si](C)(C)C(C)(C)C)c1. The Bertz CT molecular complexity index is 482. The Kier molecular flexibility index (Phi) is 4.74. The molecule has 2 nitrogen and oxygen atoms in total. The number of hydrogen-bond acceptors (Lipinski definition) is 2. The number of allylic oxidation sites excluding steroid dienone is 1. The van der Waals surface area contributed by atoms with Gasteiger partial charge in [0.1, 0.15) is 19.2 Å². The summed E-state index contributed by atoms with van der Waals surface area (Å²) >= 11 is 0. The summed E-state index contributed by atoms with van der Waals surface area (Å²) in [4.78, 5) is 12.4. The van der Waals surface area contributed by atoms with Crippen LogP contribution >= 0.6 is 0 Å². The summed E-state index contributed by atoms with van der Waals surface area (Å²) in [7, 11) is -0.299. The molecule has 104 valence electrons. The van der Waals surface area contributed by atoms with Crippen molar-refractivity contribution >= 4 is 19.6 Å². The van der Waals surface area contributed by atoms with Crippen molar-refractivity contribution in [2.45, 2.75) is 38.9 Å². The summed E-state index contributed by atoms with van der Waals surface area (Å²) in [5, 5.41) is 0.353. The molecule has 1 rings (SSSR count). The maximum atomic E-state index is 12.4. The summed E-state index contributed by atoms with van der Waals surface area (Å²) in [6.07, 6.45) is 3.61. The molecular weight excluding hydrogens is 252 g/mol. The van der Waals surface area contributed by atoms with Crippen LogP contribution in [0.15, 0.2) is 30.3 Å². The highest BCUT2D eigenvalue weighted by molar-refractivity contribution is 7.07. The zero-order chi connectivity index (χ0) is 14.7. The molecule has 0 amide bonds. The van der Waals surface area contributed by atoms with Gasteiger partial charge >= 0.3 is 0 Å². The van der Waals surface area contributed by atoms with Crippen LogP contribution in [0.3, 0.4) is 0 Å². The molecule has 0 saturated heterocycles. The minimum atomic E-state index is -1.94. The normalized spacial score (nSPS) is 12.7. The van der Waals surface area contributed by atoms with Gasteiger partial charge in [-0.05, 0) is 28.8 Å². The zero-order valence-corrected chi connectivity index (χ0v) is 13.8. The van der Waals surface area contributed by atoms with Crippen molar-refractivity contribution < 1.29 is 9.53 Å². The smallest absolute Gasteiger partial charge is 0.137 e. The molecule has 0 bridgehead atoms. The summed E-state index contributed by atoms with van der Waals surface area (Å²) in [5.41, 5.74) is 0.992. The monoisotopic (exact) mass is 276 g/mol. The van der Waals surface area contributed by atoms with Crippen LogP contribution in [0.2, 0.25) is 18.1 Å². The second-order valence-electron chi connectivity index (χ2n) is 6.35. The fraction of sp³-hybridized carbons (Fsp3) is 0.438. The predicted octanol–water partition coefficient (Wildman–Crippen LogP) is 4.33. The topological polar surface area (TPSA) is 26.3 Å². The number of ether oxygens (including phenoxy) is 1. The highest BCUT2D eigenvalue weighted by atomic mass is 28.3. The van der Waals surface area contributed by atoms with E-state index in [4.69, 9.17) is 4.74 Å². The molecule has 0 fully saturated rings. The van der Waals surface area contributed by atoms with Crippen molar-refractivity contribution in [1.29, 1.82) is 0 Å². The summed E-state index contributed by atoms with van der Waals surface area (Å²) in [6.45, 7) is 10.7. The molecule has 0 aliphatic carbocycles. The zero-order valence-electron chi connectivity index (χ0n) is 12.8. The maximum Gasteiger partial charge on any atom is 0.137 e. The number of rotatable bonds is 4. The molecule has 0 atom stereocenters. The van der Waals surface area contributed by atoms with Gasteiger partial charge in [-0.2, -0.15) is 0 Å². The van der Waals surface area contributed by atoms with Crippen molar-refractivity contribution in [3.05, 3.63) is 35.9 Å². The Morgan fingerprint density at radius 2 is 1.89 bits per heavy atom. The van der Waals surface area contributed by atoms with Gasteiger partial charge in [-0.25, -0.2) is 0 Å². The van der Waals surface area contributed by atoms with Gasteiger partial charge in [0.2, 0.25) is 0 Å². The van der Waals surface area contributed by atoms with Gasteiger partial charge in [-0.1, -0.05) is 52.1 Å². The first kappa shape index (κ1) is 15.7. The maximum absolute atomic E-state index is 12.4. The fourth-order valence-electron chi connectivity index (χ4n) is 1.50. The van der Waals surface area contributed by atoms with Crippen molar-refractivity contribution in [1.82, 2.24) is 0 Å². The standard InChI is InChI=1S/C16H24O2Si/c1-16(2,3)19(5,6)15(17)11-10-13-8-7-9-14(12-13)18-4/h7-12H,1-6H3/b11-10+. The van der Waals surface area contributed by atoms with Crippen LogP contribution in [0, 0.1) is 0 Å². The number of methoxy groups -OCH3 is 1. The number of carbonyl (C=O) groups excluding carboxylic acids is 1. The molecule has 19 heavy (non-hydrogen) atoms. The highest BCUT2D eigenvalue weighted by Gasteiger charge is 2.40. The quantitative estimate of drug-likeness (QED) is 0.604. The van der Waals surface area contributed by atoms with Crippen molar-refractivity contribution in [3.8, 4) is 5.75 Å². The first-order valence-corrected chi connectivity index (χ1v) is 9.55. The Labute approximate surface area is 117 Å². The minimum Gasteiger partial charge on any atom is -0.497 e. The Balaban J connectivity index is 2.90. The average Bonchev–Trinajstić information content (AvgIpc) is 2.34. The summed E-state index contributed by atoms with van der Waals surface area (Å²) in [5.74, 6) is 0.807. The van der Waals surface area contributed by atoms with E-state index in [0.717, 1.165) is 11.3 Å². The fourth-order valence-corrected chi connectivity index (χ4v) is 2.73. The van der Waals surface area contributed by atoms with Crippen molar-refractivity contribution in [3.63, 3.8) is 0 Å². The summed E-state index contributed by atoms with van der Waals surface area (Å²) < 4.78 is 5.17. The third-order valence-electron chi connectivity index (χ3n) is 4.01. The van der Waals surface area contributed by atoms with Gasteiger partial charge in [0.25, 0.3) is 0 Å². The minimum absolute atomic E-state index is 0.0722. The molecule has 0 aliphatic heterocycles. The molecule has 0 aliphatic rings. The predicted molar refractivity (Wildman–Crippen MR) is 84.2 cm³/mol. The molecule has 0 saturated carbocycles. The first-order valence-electron chi connectivity index (χ1n) is 6.55. The Morgan fingerprint density at radius 1 is 1.26 bits per heavy atom. The molecule has 0 heterocycles. The van der Waals surface area contributed by atoms with Gasteiger partial charge in [0, 0.05) is 0 Å². The molecule has 1 aromatic carbocycles. The highest BCUT2D eigenvalue weighted by Crippen LogP contribution is 2.36. The van der Waals surface area contributed by atoms with Gasteiger partial charge in [0.15, 0.2) is 0 Å². The average molecular weight is 276 g/mol. The van der Waals surface area contributed by atoms with E-state index in [2.05, 4.69) is 33.9 Å². The lowest BCUT2D eigenvalue weighted by Crippen LogP contribution is -2.45. The van der Waals surface area contributed by atoms with E-state index in [1.807, 2.05) is 30.3 Å². The number of hydrogen-bond donors (Lipinski definition) is 0. The molecule has 0 unspecified atom stereocenters. The Morgan fingerprint density at radius 3 is 2.42 bits per heavy atom. The van der Waals surface area contributed by atoms with Gasteiger partial charge in [-0.15, -0.1) is 0 Å². The summed E-state index contributed by atoms with van der Waals surface area (Å²) in [6, 6.07) is 7.72. The molecular formula is C16H24O2Si. The second kappa shape index (κ2) is 5.74. The van der Waals surface area contributed by atoms with Crippen molar-refractivity contribution in [2.24, 2.45) is 0 Å². The molecule has 1 aromatic rings. The third kappa shape index (κ3) is 3.80. The van der Waals surface area contributed by atoms with E-state index >= 15 is 0 Å². The van der Waals surface area contributed by atoms with Crippen LogP contribution < -0.4 is 4.74 Å². The van der Waals surface area contributed by atoms with Crippen LogP contribution in [0.5, 0.6) is 5.75 Å². The van der Waals surface area contributed by atoms with E-state index < -0.39 is 8.07 Å². The lowest BCUT2D eigenvalue weighted by molar-refractivity contribution is -0.108. The second-order valence-corrected chi connectivity index (χ2v) is 11.6. The van der Waals surface area contributed by atoms with Crippen LogP contribution in [0.25, 0.3) is 6.08 Å². The van der Waals surface area contributed by atoms with Crippen LogP contribution in [-0.2, 0) is 4.79 Å². The lowest BCUT2D eigenvalue weighted by Gasteiger charge is -2.34. The van der Waals surface area contributed by atoms with E-state index in [1.165, 1.54) is 0 Å². The number of carbonyl (C=O) groups is 1. The van der Waals surface area contributed by atoms with Crippen molar-refractivity contribution in [2.75, 3.05) is 7.11 Å². The van der Waals surface area contributed by atoms with Gasteiger partial charge in [-0.3, -0.25) is 0 Å². The van der Waals surface area contributed by atoms with Gasteiger partial charge in [0.05, 0.1) is 7.11 Å². The lowest BCUT2D eigenvalue weighted by atomic mass is 10.2. The molecule has 3 heteroatoms. The largest absolute Gasteiger partial charge is 0.497 e. The van der Waals surface area contributed by atoms with Crippen LogP contribution in [-0.4, -0.2) is 20.6 Å². The molecule has 0 N–H and O–H groups in total. The molecule has 0 aromatic heterocycles. The van der Waals surface area contributed by atoms with E-state index in [9.17, 15) is 4.79 Å². The third-order valence-corrected chi connectivity index (χ3v) is 9.16. The first-order chi connectivity index (χ1) is 8.68.